The van der Waals surface area contributed by atoms with Gasteiger partial charge in [-0.2, -0.15) is 5.26 Å². The second-order valence-corrected chi connectivity index (χ2v) is 4.17. The number of nitrogens with zero attached hydrogens (tertiary/aromatic N) is 2. The lowest BCUT2D eigenvalue weighted by molar-refractivity contribution is 0.203. The van der Waals surface area contributed by atoms with Crippen molar-refractivity contribution < 1.29 is 0 Å². The summed E-state index contributed by atoms with van der Waals surface area (Å²) >= 11 is 0. The SMILES string of the molecule is C=C[C@@H](c1ccccc1C#N)N1CCNCC1.Cl.Cl. The van der Waals surface area contributed by atoms with Crippen molar-refractivity contribution in [2.24, 2.45) is 0 Å². The summed E-state index contributed by atoms with van der Waals surface area (Å²) in [6, 6.07) is 10.2. The van der Waals surface area contributed by atoms with Crippen molar-refractivity contribution in [1.82, 2.24) is 10.2 Å². The molecule has 1 N–H and O–H groups in total. The van der Waals surface area contributed by atoms with Crippen molar-refractivity contribution in [1.29, 1.82) is 5.26 Å². The molecule has 1 aliphatic rings. The summed E-state index contributed by atoms with van der Waals surface area (Å²) in [5, 5.41) is 12.5. The fourth-order valence-electron chi connectivity index (χ4n) is 2.29. The number of halogens is 2. The van der Waals surface area contributed by atoms with Crippen LogP contribution in [0.5, 0.6) is 0 Å². The van der Waals surface area contributed by atoms with Crippen molar-refractivity contribution in [2.45, 2.75) is 6.04 Å². The zero-order chi connectivity index (χ0) is 12.1. The summed E-state index contributed by atoms with van der Waals surface area (Å²) in [4.78, 5) is 2.36. The van der Waals surface area contributed by atoms with Gasteiger partial charge in [0, 0.05) is 26.2 Å². The van der Waals surface area contributed by atoms with E-state index in [4.69, 9.17) is 5.26 Å². The van der Waals surface area contributed by atoms with Crippen LogP contribution in [0.15, 0.2) is 36.9 Å². The van der Waals surface area contributed by atoms with Crippen LogP contribution in [-0.4, -0.2) is 31.1 Å². The molecule has 1 saturated heterocycles. The molecule has 0 radical (unpaired) electrons. The second kappa shape index (κ2) is 8.95. The summed E-state index contributed by atoms with van der Waals surface area (Å²) in [5.41, 5.74) is 1.81. The van der Waals surface area contributed by atoms with Crippen molar-refractivity contribution >= 4 is 24.8 Å². The van der Waals surface area contributed by atoms with E-state index in [0.717, 1.165) is 37.3 Å². The van der Waals surface area contributed by atoms with E-state index in [2.05, 4.69) is 22.9 Å². The first-order valence-corrected chi connectivity index (χ1v) is 5.93. The maximum Gasteiger partial charge on any atom is 0.0995 e. The quantitative estimate of drug-likeness (QED) is 0.872. The molecule has 0 spiro atoms. The Morgan fingerprint density at radius 2 is 1.89 bits per heavy atom. The number of benzene rings is 1. The Balaban J connectivity index is 0.00000162. The minimum absolute atomic E-state index is 0. The van der Waals surface area contributed by atoms with Crippen LogP contribution >= 0.6 is 24.8 Å². The Hall–Kier alpha value is -1.05. The normalized spacial score (nSPS) is 16.4. The Kier molecular flexibility index (Phi) is 8.46. The molecule has 0 bridgehead atoms. The van der Waals surface area contributed by atoms with Crippen LogP contribution in [0.3, 0.4) is 0 Å². The topological polar surface area (TPSA) is 39.1 Å². The lowest BCUT2D eigenvalue weighted by Crippen LogP contribution is -2.44. The molecule has 0 aromatic heterocycles. The third kappa shape index (κ3) is 4.22. The number of hydrogen-bond acceptors (Lipinski definition) is 3. The predicted molar refractivity (Wildman–Crippen MR) is 83.0 cm³/mol. The average molecular weight is 300 g/mol. The summed E-state index contributed by atoms with van der Waals surface area (Å²) in [6.07, 6.45) is 1.93. The zero-order valence-corrected chi connectivity index (χ0v) is 12.3. The van der Waals surface area contributed by atoms with Crippen molar-refractivity contribution in [2.75, 3.05) is 26.2 Å². The lowest BCUT2D eigenvalue weighted by Gasteiger charge is -2.33. The molecule has 1 aromatic rings. The van der Waals surface area contributed by atoms with Gasteiger partial charge in [0.1, 0.15) is 0 Å². The Morgan fingerprint density at radius 1 is 1.26 bits per heavy atom. The van der Waals surface area contributed by atoms with Crippen LogP contribution in [0.2, 0.25) is 0 Å². The van der Waals surface area contributed by atoms with Crippen molar-refractivity contribution in [3.63, 3.8) is 0 Å². The van der Waals surface area contributed by atoms with Gasteiger partial charge in [0.2, 0.25) is 0 Å². The molecular formula is C14H19Cl2N3. The highest BCUT2D eigenvalue weighted by Gasteiger charge is 2.21. The van der Waals surface area contributed by atoms with E-state index >= 15 is 0 Å². The highest BCUT2D eigenvalue weighted by Crippen LogP contribution is 2.24. The molecule has 1 atom stereocenters. The van der Waals surface area contributed by atoms with Gasteiger partial charge in [-0.3, -0.25) is 4.90 Å². The highest BCUT2D eigenvalue weighted by atomic mass is 35.5. The van der Waals surface area contributed by atoms with E-state index in [0.29, 0.717) is 0 Å². The first kappa shape index (κ1) is 17.9. The number of rotatable bonds is 3. The van der Waals surface area contributed by atoms with Crippen LogP contribution in [0, 0.1) is 11.3 Å². The number of hydrogen-bond donors (Lipinski definition) is 1. The van der Waals surface area contributed by atoms with Gasteiger partial charge in [0.25, 0.3) is 0 Å². The molecule has 1 fully saturated rings. The molecule has 1 aliphatic heterocycles. The minimum Gasteiger partial charge on any atom is -0.314 e. The lowest BCUT2D eigenvalue weighted by atomic mass is 9.99. The summed E-state index contributed by atoms with van der Waals surface area (Å²) in [6.45, 7) is 7.91. The number of piperazine rings is 1. The fourth-order valence-corrected chi connectivity index (χ4v) is 2.29. The second-order valence-electron chi connectivity index (χ2n) is 4.17. The average Bonchev–Trinajstić information content (AvgIpc) is 2.41. The van der Waals surface area contributed by atoms with Crippen LogP contribution in [0.1, 0.15) is 17.2 Å². The van der Waals surface area contributed by atoms with Crippen LogP contribution < -0.4 is 5.32 Å². The summed E-state index contributed by atoms with van der Waals surface area (Å²) < 4.78 is 0. The van der Waals surface area contributed by atoms with E-state index in [-0.39, 0.29) is 30.9 Å². The van der Waals surface area contributed by atoms with Gasteiger partial charge in [0.05, 0.1) is 17.7 Å². The van der Waals surface area contributed by atoms with Gasteiger partial charge in [-0.05, 0) is 11.6 Å². The third-order valence-electron chi connectivity index (χ3n) is 3.17. The standard InChI is InChI=1S/C14H17N3.2ClH/c1-2-14(17-9-7-16-8-10-17)13-6-4-3-5-12(13)11-15;;/h2-6,14,16H,1,7-10H2;2*1H/t14-;;/m0../s1. The summed E-state index contributed by atoms with van der Waals surface area (Å²) in [7, 11) is 0. The zero-order valence-electron chi connectivity index (χ0n) is 10.7. The number of nitriles is 1. The smallest absolute Gasteiger partial charge is 0.0995 e. The first-order valence-electron chi connectivity index (χ1n) is 5.93. The Morgan fingerprint density at radius 3 is 2.47 bits per heavy atom. The van der Waals surface area contributed by atoms with E-state index in [9.17, 15) is 0 Å². The molecule has 0 saturated carbocycles. The van der Waals surface area contributed by atoms with Gasteiger partial charge in [0.15, 0.2) is 0 Å². The maximum absolute atomic E-state index is 9.15. The van der Waals surface area contributed by atoms with Gasteiger partial charge in [-0.15, -0.1) is 31.4 Å². The maximum atomic E-state index is 9.15. The van der Waals surface area contributed by atoms with Crippen molar-refractivity contribution in [3.8, 4) is 6.07 Å². The fraction of sp³-hybridized carbons (Fsp3) is 0.357. The van der Waals surface area contributed by atoms with E-state index in [1.54, 1.807) is 0 Å². The van der Waals surface area contributed by atoms with Crippen LogP contribution in [0.25, 0.3) is 0 Å². The molecule has 1 heterocycles. The Labute approximate surface area is 127 Å². The molecule has 19 heavy (non-hydrogen) atoms. The van der Waals surface area contributed by atoms with Crippen LogP contribution in [0.4, 0.5) is 0 Å². The molecule has 0 unspecified atom stereocenters. The highest BCUT2D eigenvalue weighted by molar-refractivity contribution is 5.85. The Bertz CT molecular complexity index is 437. The largest absolute Gasteiger partial charge is 0.314 e. The predicted octanol–water partition coefficient (Wildman–Crippen LogP) is 2.53. The van der Waals surface area contributed by atoms with Gasteiger partial charge in [-0.25, -0.2) is 0 Å². The molecule has 1 aromatic carbocycles. The van der Waals surface area contributed by atoms with Gasteiger partial charge >= 0.3 is 0 Å². The molecule has 0 aliphatic carbocycles. The molecule has 3 nitrogen and oxygen atoms in total. The number of nitrogens with one attached hydrogen (secondary N) is 1. The van der Waals surface area contributed by atoms with Crippen molar-refractivity contribution in [3.05, 3.63) is 48.0 Å². The molecule has 104 valence electrons. The summed E-state index contributed by atoms with van der Waals surface area (Å²) in [5.74, 6) is 0. The van der Waals surface area contributed by atoms with E-state index in [1.165, 1.54) is 0 Å². The first-order chi connectivity index (χ1) is 8.36. The van der Waals surface area contributed by atoms with E-state index in [1.807, 2.05) is 30.3 Å². The monoisotopic (exact) mass is 299 g/mol. The molecule has 2 rings (SSSR count). The molecule has 5 heteroatoms. The van der Waals surface area contributed by atoms with Crippen LogP contribution in [-0.2, 0) is 0 Å². The third-order valence-corrected chi connectivity index (χ3v) is 3.17. The molecule has 0 amide bonds. The molecular weight excluding hydrogens is 281 g/mol. The van der Waals surface area contributed by atoms with E-state index < -0.39 is 0 Å². The van der Waals surface area contributed by atoms with Gasteiger partial charge < -0.3 is 5.32 Å². The minimum atomic E-state index is 0. The van der Waals surface area contributed by atoms with Gasteiger partial charge in [-0.1, -0.05) is 24.3 Å².